The van der Waals surface area contributed by atoms with Gasteiger partial charge in [-0.05, 0) is 30.8 Å². The highest BCUT2D eigenvalue weighted by molar-refractivity contribution is 5.92. The zero-order valence-corrected chi connectivity index (χ0v) is 12.6. The Morgan fingerprint density at radius 2 is 2.14 bits per heavy atom. The summed E-state index contributed by atoms with van der Waals surface area (Å²) in [4.78, 5) is 14.2. The van der Waals surface area contributed by atoms with E-state index in [9.17, 15) is 4.79 Å². The number of benzene rings is 1. The van der Waals surface area contributed by atoms with Gasteiger partial charge in [-0.1, -0.05) is 19.1 Å². The van der Waals surface area contributed by atoms with Crippen LogP contribution in [0.5, 0.6) is 0 Å². The van der Waals surface area contributed by atoms with Gasteiger partial charge in [0, 0.05) is 13.0 Å². The number of nitriles is 1. The molecule has 0 fully saturated rings. The van der Waals surface area contributed by atoms with Gasteiger partial charge in [0.15, 0.2) is 0 Å². The van der Waals surface area contributed by atoms with Gasteiger partial charge < -0.3 is 9.73 Å². The molecule has 2 rings (SSSR count). The van der Waals surface area contributed by atoms with Gasteiger partial charge in [0.2, 0.25) is 5.91 Å². The number of furan rings is 1. The normalized spacial score (nSPS) is 10.4. The minimum Gasteiger partial charge on any atom is -0.468 e. The number of carbonyl (C=O) groups is 1. The largest absolute Gasteiger partial charge is 0.468 e. The van der Waals surface area contributed by atoms with E-state index in [1.54, 1.807) is 30.5 Å². The number of hydrogen-bond acceptors (Lipinski definition) is 4. The second kappa shape index (κ2) is 8.01. The van der Waals surface area contributed by atoms with Crippen molar-refractivity contribution in [3.05, 3.63) is 54.0 Å². The van der Waals surface area contributed by atoms with Crippen molar-refractivity contribution in [3.63, 3.8) is 0 Å². The minimum atomic E-state index is -0.0967. The molecule has 1 heterocycles. The molecule has 0 saturated carbocycles. The monoisotopic (exact) mass is 297 g/mol. The van der Waals surface area contributed by atoms with E-state index in [0.29, 0.717) is 30.8 Å². The number of anilines is 1. The van der Waals surface area contributed by atoms with E-state index in [1.165, 1.54) is 0 Å². The highest BCUT2D eigenvalue weighted by Crippen LogP contribution is 2.14. The van der Waals surface area contributed by atoms with E-state index in [-0.39, 0.29) is 5.91 Å². The average molecular weight is 297 g/mol. The minimum absolute atomic E-state index is 0.0967. The first kappa shape index (κ1) is 15.8. The number of hydrogen-bond donors (Lipinski definition) is 1. The molecule has 0 unspecified atom stereocenters. The smallest absolute Gasteiger partial charge is 0.225 e. The number of para-hydroxylation sites is 1. The maximum absolute atomic E-state index is 12.0. The van der Waals surface area contributed by atoms with Crippen LogP contribution in [0.25, 0.3) is 0 Å². The second-order valence-corrected chi connectivity index (χ2v) is 4.90. The van der Waals surface area contributed by atoms with Crippen LogP contribution >= 0.6 is 0 Å². The molecule has 5 heteroatoms. The van der Waals surface area contributed by atoms with E-state index in [2.05, 4.69) is 16.3 Å². The molecule has 0 atom stereocenters. The van der Waals surface area contributed by atoms with Gasteiger partial charge in [-0.15, -0.1) is 0 Å². The number of rotatable bonds is 7. The molecule has 1 aromatic heterocycles. The predicted octanol–water partition coefficient (Wildman–Crippen LogP) is 3.00. The third-order valence-electron chi connectivity index (χ3n) is 3.38. The van der Waals surface area contributed by atoms with Gasteiger partial charge in [0.25, 0.3) is 0 Å². The molecule has 0 spiro atoms. The summed E-state index contributed by atoms with van der Waals surface area (Å²) in [6.07, 6.45) is 2.02. The number of nitrogens with one attached hydrogen (secondary N) is 1. The lowest BCUT2D eigenvalue weighted by atomic mass is 10.2. The Hall–Kier alpha value is -2.58. The number of carbonyl (C=O) groups excluding carboxylic acids is 1. The predicted molar refractivity (Wildman–Crippen MR) is 84.1 cm³/mol. The fourth-order valence-corrected chi connectivity index (χ4v) is 2.13. The fourth-order valence-electron chi connectivity index (χ4n) is 2.13. The molecule has 0 saturated heterocycles. The second-order valence-electron chi connectivity index (χ2n) is 4.90. The van der Waals surface area contributed by atoms with Crippen molar-refractivity contribution in [3.8, 4) is 6.07 Å². The van der Waals surface area contributed by atoms with Gasteiger partial charge in [-0.25, -0.2) is 0 Å². The molecule has 1 aromatic carbocycles. The lowest BCUT2D eigenvalue weighted by Crippen LogP contribution is -2.27. The third-order valence-corrected chi connectivity index (χ3v) is 3.38. The van der Waals surface area contributed by atoms with Crippen LogP contribution in [0.2, 0.25) is 0 Å². The Bertz CT molecular complexity index is 644. The first-order chi connectivity index (χ1) is 10.7. The average Bonchev–Trinajstić information content (AvgIpc) is 3.05. The topological polar surface area (TPSA) is 69.3 Å². The summed E-state index contributed by atoms with van der Waals surface area (Å²) in [5.74, 6) is 0.790. The Kier molecular flexibility index (Phi) is 5.75. The highest BCUT2D eigenvalue weighted by atomic mass is 16.3. The SMILES string of the molecule is CCN(CCC(=O)Nc1ccccc1C#N)Cc1ccco1. The van der Waals surface area contributed by atoms with Crippen LogP contribution in [0.15, 0.2) is 47.1 Å². The van der Waals surface area contributed by atoms with Crippen LogP contribution in [0.1, 0.15) is 24.7 Å². The summed E-state index contributed by atoms with van der Waals surface area (Å²) in [6, 6.07) is 12.8. The van der Waals surface area contributed by atoms with E-state index in [0.717, 1.165) is 12.3 Å². The van der Waals surface area contributed by atoms with E-state index < -0.39 is 0 Å². The molecule has 22 heavy (non-hydrogen) atoms. The lowest BCUT2D eigenvalue weighted by molar-refractivity contribution is -0.116. The van der Waals surface area contributed by atoms with Crippen molar-refractivity contribution >= 4 is 11.6 Å². The summed E-state index contributed by atoms with van der Waals surface area (Å²) in [5, 5.41) is 11.8. The van der Waals surface area contributed by atoms with Crippen molar-refractivity contribution in [2.75, 3.05) is 18.4 Å². The van der Waals surface area contributed by atoms with Crippen molar-refractivity contribution in [1.82, 2.24) is 4.90 Å². The maximum atomic E-state index is 12.0. The van der Waals surface area contributed by atoms with Crippen LogP contribution in [-0.2, 0) is 11.3 Å². The summed E-state index contributed by atoms with van der Waals surface area (Å²) in [7, 11) is 0. The molecular weight excluding hydrogens is 278 g/mol. The maximum Gasteiger partial charge on any atom is 0.225 e. The summed E-state index contributed by atoms with van der Waals surface area (Å²) >= 11 is 0. The zero-order chi connectivity index (χ0) is 15.8. The molecule has 114 valence electrons. The van der Waals surface area contributed by atoms with Gasteiger partial charge in [0.1, 0.15) is 11.8 Å². The molecular formula is C17H19N3O2. The summed E-state index contributed by atoms with van der Waals surface area (Å²) in [6.45, 7) is 4.21. The zero-order valence-electron chi connectivity index (χ0n) is 12.6. The van der Waals surface area contributed by atoms with Crippen LogP contribution in [0.3, 0.4) is 0 Å². The van der Waals surface area contributed by atoms with E-state index >= 15 is 0 Å². The molecule has 2 aromatic rings. The van der Waals surface area contributed by atoms with Gasteiger partial charge >= 0.3 is 0 Å². The molecule has 0 aliphatic rings. The quantitative estimate of drug-likeness (QED) is 0.853. The van der Waals surface area contributed by atoms with E-state index in [1.807, 2.05) is 19.1 Å². The first-order valence-corrected chi connectivity index (χ1v) is 7.26. The fraction of sp³-hybridized carbons (Fsp3) is 0.294. The van der Waals surface area contributed by atoms with Gasteiger partial charge in [0.05, 0.1) is 24.1 Å². The van der Waals surface area contributed by atoms with Gasteiger partial charge in [-0.3, -0.25) is 9.69 Å². The van der Waals surface area contributed by atoms with Crippen LogP contribution in [-0.4, -0.2) is 23.9 Å². The Balaban J connectivity index is 1.85. The standard InChI is InChI=1S/C17H19N3O2/c1-2-20(13-15-7-5-11-22-15)10-9-17(21)19-16-8-4-3-6-14(16)12-18/h3-8,11H,2,9-10,13H2,1H3,(H,19,21). The summed E-state index contributed by atoms with van der Waals surface area (Å²) in [5.41, 5.74) is 1.03. The highest BCUT2D eigenvalue weighted by Gasteiger charge is 2.10. The Morgan fingerprint density at radius 1 is 1.32 bits per heavy atom. The third kappa shape index (κ3) is 4.47. The number of nitrogens with zero attached hydrogens (tertiary/aromatic N) is 2. The Labute approximate surface area is 130 Å². The van der Waals surface area contributed by atoms with Crippen molar-refractivity contribution in [2.24, 2.45) is 0 Å². The molecule has 5 nitrogen and oxygen atoms in total. The number of amides is 1. The summed E-state index contributed by atoms with van der Waals surface area (Å²) < 4.78 is 5.32. The molecule has 0 radical (unpaired) electrons. The molecule has 1 amide bonds. The lowest BCUT2D eigenvalue weighted by Gasteiger charge is -2.18. The van der Waals surface area contributed by atoms with E-state index in [4.69, 9.17) is 9.68 Å². The van der Waals surface area contributed by atoms with Crippen LogP contribution in [0, 0.1) is 11.3 Å². The van der Waals surface area contributed by atoms with Crippen molar-refractivity contribution < 1.29 is 9.21 Å². The first-order valence-electron chi connectivity index (χ1n) is 7.26. The van der Waals surface area contributed by atoms with Gasteiger partial charge in [-0.2, -0.15) is 5.26 Å². The molecule has 0 aliphatic carbocycles. The molecule has 0 bridgehead atoms. The molecule has 1 N–H and O–H groups in total. The molecule has 0 aliphatic heterocycles. The van der Waals surface area contributed by atoms with Crippen LogP contribution in [0.4, 0.5) is 5.69 Å². The Morgan fingerprint density at radius 3 is 2.82 bits per heavy atom. The van der Waals surface area contributed by atoms with Crippen molar-refractivity contribution in [2.45, 2.75) is 19.9 Å². The van der Waals surface area contributed by atoms with Crippen LogP contribution < -0.4 is 5.32 Å². The van der Waals surface area contributed by atoms with Crippen molar-refractivity contribution in [1.29, 1.82) is 5.26 Å².